The third-order valence-electron chi connectivity index (χ3n) is 3.29. The van der Waals surface area contributed by atoms with Crippen molar-refractivity contribution in [2.45, 2.75) is 24.9 Å². The second-order valence-corrected chi connectivity index (χ2v) is 4.52. The van der Waals surface area contributed by atoms with Crippen LogP contribution in [0, 0.1) is 0 Å². The van der Waals surface area contributed by atoms with E-state index in [4.69, 9.17) is 15.3 Å². The van der Waals surface area contributed by atoms with Gasteiger partial charge in [-0.05, 0) is 0 Å². The summed E-state index contributed by atoms with van der Waals surface area (Å²) in [4.78, 5) is 12.0. The van der Waals surface area contributed by atoms with Gasteiger partial charge in [0.2, 0.25) is 0 Å². The molecule has 0 bridgehead atoms. The zero-order valence-corrected chi connectivity index (χ0v) is 10.8. The van der Waals surface area contributed by atoms with Crippen molar-refractivity contribution >= 4 is 17.0 Å². The Bertz CT molecular complexity index is 768. The minimum absolute atomic E-state index is 0.107. The maximum Gasteiger partial charge on any atom is 0.167 e. The summed E-state index contributed by atoms with van der Waals surface area (Å²) in [6.45, 7) is -6.31. The number of rotatable bonds is 5. The van der Waals surface area contributed by atoms with Gasteiger partial charge < -0.3 is 25.4 Å². The Hall–Kier alpha value is -1.81. The van der Waals surface area contributed by atoms with E-state index in [0.29, 0.717) is 0 Å². The zero-order valence-electron chi connectivity index (χ0n) is 14.8. The van der Waals surface area contributed by atoms with Crippen LogP contribution in [0.2, 0.25) is 0 Å². The van der Waals surface area contributed by atoms with Crippen LogP contribution in [-0.2, 0) is 4.74 Å². The van der Waals surface area contributed by atoms with E-state index in [0.717, 1.165) is 6.33 Å². The number of aliphatic hydroxyl groups excluding tert-OH is 2. The summed E-state index contributed by atoms with van der Waals surface area (Å²) >= 11 is 0. The van der Waals surface area contributed by atoms with E-state index < -0.39 is 31.5 Å². The maximum atomic E-state index is 9.84. The van der Waals surface area contributed by atoms with Crippen molar-refractivity contribution in [2.75, 3.05) is 25.0 Å². The average molecular weight is 299 g/mol. The number of aliphatic hydroxyl groups is 3. The van der Waals surface area contributed by atoms with Crippen LogP contribution >= 0.6 is 0 Å². The van der Waals surface area contributed by atoms with Gasteiger partial charge in [-0.25, -0.2) is 15.0 Å². The van der Waals surface area contributed by atoms with Crippen molar-refractivity contribution in [3.05, 3.63) is 12.7 Å². The lowest BCUT2D eigenvalue weighted by molar-refractivity contribution is -0.0432. The summed E-state index contributed by atoms with van der Waals surface area (Å²) in [7, 11) is 0. The van der Waals surface area contributed by atoms with Crippen LogP contribution in [0.25, 0.3) is 11.2 Å². The van der Waals surface area contributed by atoms with Crippen LogP contribution in [0.1, 0.15) is 18.1 Å². The van der Waals surface area contributed by atoms with Gasteiger partial charge in [0.15, 0.2) is 17.0 Å². The molecule has 1 fully saturated rings. The summed E-state index contributed by atoms with van der Waals surface area (Å²) in [6, 6.07) is 0. The predicted octanol–water partition coefficient (Wildman–Crippen LogP) is -1.13. The highest BCUT2D eigenvalue weighted by Gasteiger charge is 2.35. The molecule has 2 aromatic heterocycles. The Kier molecular flexibility index (Phi) is 2.81. The molecule has 1 aliphatic heterocycles. The fourth-order valence-corrected chi connectivity index (χ4v) is 2.29. The molecule has 21 heavy (non-hydrogen) atoms. The van der Waals surface area contributed by atoms with E-state index in [9.17, 15) is 10.2 Å². The first kappa shape index (κ1) is 10.0. The van der Waals surface area contributed by atoms with Crippen molar-refractivity contribution in [3.63, 3.8) is 0 Å². The van der Waals surface area contributed by atoms with Crippen molar-refractivity contribution in [1.82, 2.24) is 19.5 Å². The van der Waals surface area contributed by atoms with Crippen LogP contribution in [0.5, 0.6) is 0 Å². The molecule has 3 atom stereocenters. The Balaban J connectivity index is 1.94. The second kappa shape index (κ2) is 5.90. The van der Waals surface area contributed by atoms with Gasteiger partial charge in [-0.3, -0.25) is 4.57 Å². The number of aromatic nitrogens is 4. The number of anilines is 1. The molecule has 3 rings (SSSR count). The van der Waals surface area contributed by atoms with Crippen LogP contribution < -0.4 is 5.32 Å². The number of ether oxygens (including phenoxy) is 1. The van der Waals surface area contributed by atoms with Gasteiger partial charge in [-0.1, -0.05) is 0 Å². The minimum atomic E-state index is -3.15. The zero-order chi connectivity index (χ0) is 18.4. The molecule has 1 aliphatic rings. The smallest absolute Gasteiger partial charge is 0.167 e. The van der Waals surface area contributed by atoms with E-state index in [2.05, 4.69) is 20.3 Å². The molecule has 0 radical (unpaired) electrons. The predicted molar refractivity (Wildman–Crippen MR) is 72.5 cm³/mol. The van der Waals surface area contributed by atoms with E-state index in [1.807, 2.05) is 0 Å². The molecule has 4 N–H and O–H groups in total. The molecule has 0 spiro atoms. The first-order valence-electron chi connectivity index (χ1n) is 8.26. The second-order valence-electron chi connectivity index (χ2n) is 4.52. The van der Waals surface area contributed by atoms with Gasteiger partial charge in [0, 0.05) is 12.9 Å². The normalized spacial score (nSPS) is 29.8. The molecule has 114 valence electrons. The Labute approximate surface area is 125 Å². The number of nitrogens with one attached hydrogen (secondary N) is 1. The fraction of sp³-hybridized carbons (Fsp3) is 0.583. The summed E-state index contributed by atoms with van der Waals surface area (Å²) in [6.07, 6.45) is 0.510. The van der Waals surface area contributed by atoms with E-state index in [1.54, 1.807) is 0 Å². The molecule has 2 aromatic rings. The van der Waals surface area contributed by atoms with Crippen LogP contribution in [-0.4, -0.2) is 66.7 Å². The van der Waals surface area contributed by atoms with Crippen molar-refractivity contribution in [2.24, 2.45) is 0 Å². The number of imidazole rings is 1. The lowest BCUT2D eigenvalue weighted by atomic mass is 10.2. The van der Waals surface area contributed by atoms with Crippen molar-refractivity contribution in [3.8, 4) is 0 Å². The number of fused-ring (bicyclic) bond motifs is 1. The minimum Gasteiger partial charge on any atom is -0.395 e. The van der Waals surface area contributed by atoms with Gasteiger partial charge in [0.1, 0.15) is 18.7 Å². The molecule has 1 saturated heterocycles. The molecule has 0 amide bonds. The highest BCUT2D eigenvalue weighted by molar-refractivity contribution is 5.82. The van der Waals surface area contributed by atoms with Gasteiger partial charge >= 0.3 is 0 Å². The van der Waals surface area contributed by atoms with Crippen molar-refractivity contribution in [1.29, 1.82) is 0 Å². The highest BCUT2D eigenvalue weighted by atomic mass is 16.5. The Morgan fingerprint density at radius 3 is 3.00 bits per heavy atom. The first-order valence-corrected chi connectivity index (χ1v) is 6.26. The molecular weight excluding hydrogens is 278 g/mol. The van der Waals surface area contributed by atoms with Gasteiger partial charge in [-0.2, -0.15) is 0 Å². The monoisotopic (exact) mass is 299 g/mol. The van der Waals surface area contributed by atoms with Crippen LogP contribution in [0.3, 0.4) is 0 Å². The summed E-state index contributed by atoms with van der Waals surface area (Å²) in [5.41, 5.74) is 0.406. The van der Waals surface area contributed by atoms with E-state index in [1.165, 1.54) is 10.9 Å². The maximum absolute atomic E-state index is 9.84. The SMILES string of the molecule is [2H]C([2H])(O)C([2H])([2H])Nc1ncnc2c1ncn2[C@H]1C[C@H](O)[C@@H](CO)O1. The summed E-state index contributed by atoms with van der Waals surface area (Å²) in [5.74, 6) is -0.107. The van der Waals surface area contributed by atoms with Gasteiger partial charge in [0.25, 0.3) is 0 Å². The molecule has 9 heteroatoms. The van der Waals surface area contributed by atoms with E-state index >= 15 is 0 Å². The molecule has 3 heterocycles. The number of hydrogen-bond acceptors (Lipinski definition) is 8. The lowest BCUT2D eigenvalue weighted by Gasteiger charge is -2.13. The molecule has 0 saturated carbocycles. The molecular formula is C12H17N5O4. The fourth-order valence-electron chi connectivity index (χ4n) is 2.29. The quantitative estimate of drug-likeness (QED) is 0.546. The highest BCUT2D eigenvalue weighted by Crippen LogP contribution is 2.31. The molecule has 0 unspecified atom stereocenters. The molecule has 9 nitrogen and oxygen atoms in total. The molecule has 0 aliphatic carbocycles. The van der Waals surface area contributed by atoms with Gasteiger partial charge in [-0.15, -0.1) is 0 Å². The largest absolute Gasteiger partial charge is 0.395 e. The van der Waals surface area contributed by atoms with Gasteiger partial charge in [0.05, 0.1) is 31.1 Å². The number of nitrogens with zero attached hydrogens (tertiary/aromatic N) is 4. The topological polar surface area (TPSA) is 126 Å². The Morgan fingerprint density at radius 1 is 1.43 bits per heavy atom. The van der Waals surface area contributed by atoms with Crippen molar-refractivity contribution < 1.29 is 25.5 Å². The molecule has 0 aromatic carbocycles. The summed E-state index contributed by atoms with van der Waals surface area (Å²) < 4.78 is 36.5. The summed E-state index contributed by atoms with van der Waals surface area (Å²) in [5, 5.41) is 30.5. The third kappa shape index (κ3) is 2.56. The average Bonchev–Trinajstić information content (AvgIpc) is 3.09. The third-order valence-corrected chi connectivity index (χ3v) is 3.29. The standard InChI is InChI=1S/C12H17N5O4/c18-2-1-13-11-10-12(15-5-14-11)17(6-16-10)9-3-7(20)8(4-19)21-9/h5-9,18-20H,1-4H2,(H,13,14,15)/t7-,8+,9+/m0/s1/i1D2,2D2. The first-order chi connectivity index (χ1) is 11.6. The number of hydrogen-bond donors (Lipinski definition) is 4. The lowest BCUT2D eigenvalue weighted by Crippen LogP contribution is -2.24. The van der Waals surface area contributed by atoms with Crippen LogP contribution in [0.15, 0.2) is 12.7 Å². The Morgan fingerprint density at radius 2 is 2.29 bits per heavy atom. The van der Waals surface area contributed by atoms with E-state index in [-0.39, 0.29) is 30.0 Å². The van der Waals surface area contributed by atoms with Crippen LogP contribution in [0.4, 0.5) is 5.82 Å².